The smallest absolute Gasteiger partial charge is 0.325 e. The lowest BCUT2D eigenvalue weighted by molar-refractivity contribution is -0.149. The maximum atomic E-state index is 12.3. The summed E-state index contributed by atoms with van der Waals surface area (Å²) in [5.41, 5.74) is 4.70. The molecule has 0 fully saturated rings. The van der Waals surface area contributed by atoms with E-state index in [2.05, 4.69) is 4.74 Å². The lowest BCUT2D eigenvalue weighted by Gasteiger charge is -2.31. The Hall–Kier alpha value is -1.17. The van der Waals surface area contributed by atoms with E-state index >= 15 is 0 Å². The zero-order chi connectivity index (χ0) is 13.6. The van der Waals surface area contributed by atoms with Gasteiger partial charge in [-0.3, -0.25) is 9.59 Å². The highest BCUT2D eigenvalue weighted by molar-refractivity contribution is 7.80. The number of amides is 1. The van der Waals surface area contributed by atoms with Crippen LogP contribution in [0.4, 0.5) is 0 Å². The number of hydrogen-bond donors (Lipinski definition) is 1. The minimum Gasteiger partial charge on any atom is -0.468 e. The van der Waals surface area contributed by atoms with Gasteiger partial charge in [-0.15, -0.1) is 0 Å². The number of carbonyl (C=O) groups excluding carboxylic acids is 2. The summed E-state index contributed by atoms with van der Waals surface area (Å²) in [6, 6.07) is 0. The van der Waals surface area contributed by atoms with Crippen molar-refractivity contribution in [3.05, 3.63) is 0 Å². The van der Waals surface area contributed by atoms with Crippen LogP contribution in [0, 0.1) is 5.41 Å². The third kappa shape index (κ3) is 3.66. The van der Waals surface area contributed by atoms with Crippen LogP contribution in [0.2, 0.25) is 0 Å². The summed E-state index contributed by atoms with van der Waals surface area (Å²) in [6.07, 6.45) is 0.499. The summed E-state index contributed by atoms with van der Waals surface area (Å²) in [5.74, 6) is -0.693. The fourth-order valence-corrected chi connectivity index (χ4v) is 1.56. The van der Waals surface area contributed by atoms with Crippen LogP contribution in [0.25, 0.3) is 0 Å². The fraction of sp³-hybridized carbons (Fsp3) is 0.727. The van der Waals surface area contributed by atoms with Crippen LogP contribution in [0.5, 0.6) is 0 Å². The summed E-state index contributed by atoms with van der Waals surface area (Å²) in [5, 5.41) is 0. The Balaban J connectivity index is 4.96. The molecule has 0 aromatic carbocycles. The highest BCUT2D eigenvalue weighted by atomic mass is 32.1. The first kappa shape index (κ1) is 15.8. The maximum Gasteiger partial charge on any atom is 0.325 e. The standard InChI is InChI=1S/C11H20N2O3S/c1-5-11(3,9(12)17)10(15)13(6-2)7-8(14)16-4/h5-7H2,1-4H3,(H2,12,17). The number of likely N-dealkylation sites (N-methyl/N-ethyl adjacent to an activating group) is 1. The Morgan fingerprint density at radius 1 is 1.41 bits per heavy atom. The highest BCUT2D eigenvalue weighted by Crippen LogP contribution is 2.24. The second-order valence-electron chi connectivity index (χ2n) is 3.95. The van der Waals surface area contributed by atoms with E-state index in [0.29, 0.717) is 13.0 Å². The van der Waals surface area contributed by atoms with Crippen LogP contribution >= 0.6 is 12.2 Å². The van der Waals surface area contributed by atoms with Gasteiger partial charge in [0, 0.05) is 6.54 Å². The monoisotopic (exact) mass is 260 g/mol. The van der Waals surface area contributed by atoms with Gasteiger partial charge in [-0.25, -0.2) is 0 Å². The third-order valence-corrected chi connectivity index (χ3v) is 3.39. The minimum atomic E-state index is -0.903. The highest BCUT2D eigenvalue weighted by Gasteiger charge is 2.38. The Morgan fingerprint density at radius 2 is 1.94 bits per heavy atom. The van der Waals surface area contributed by atoms with Crippen LogP contribution in [-0.2, 0) is 14.3 Å². The summed E-state index contributed by atoms with van der Waals surface area (Å²) in [4.78, 5) is 25.0. The van der Waals surface area contributed by atoms with Gasteiger partial charge in [-0.2, -0.15) is 0 Å². The number of thiocarbonyl (C=S) groups is 1. The summed E-state index contributed by atoms with van der Waals surface area (Å²) >= 11 is 4.93. The average Bonchev–Trinajstić information content (AvgIpc) is 2.33. The molecule has 0 heterocycles. The van der Waals surface area contributed by atoms with Gasteiger partial charge in [0.05, 0.1) is 17.5 Å². The van der Waals surface area contributed by atoms with Gasteiger partial charge in [0.2, 0.25) is 5.91 Å². The molecular formula is C11H20N2O3S. The topological polar surface area (TPSA) is 72.6 Å². The van der Waals surface area contributed by atoms with Crippen molar-refractivity contribution in [1.82, 2.24) is 4.90 Å². The summed E-state index contributed by atoms with van der Waals surface area (Å²) in [6.45, 7) is 5.65. The minimum absolute atomic E-state index is 0.0793. The predicted molar refractivity (Wildman–Crippen MR) is 69.5 cm³/mol. The Kier molecular flexibility index (Phi) is 6.09. The Morgan fingerprint density at radius 3 is 2.24 bits per heavy atom. The van der Waals surface area contributed by atoms with Gasteiger partial charge < -0.3 is 15.4 Å². The normalized spacial score (nSPS) is 13.6. The van der Waals surface area contributed by atoms with Gasteiger partial charge in [-0.1, -0.05) is 19.1 Å². The molecule has 0 spiro atoms. The van der Waals surface area contributed by atoms with E-state index in [-0.39, 0.29) is 17.4 Å². The van der Waals surface area contributed by atoms with Crippen molar-refractivity contribution in [1.29, 1.82) is 0 Å². The van der Waals surface area contributed by atoms with E-state index in [1.165, 1.54) is 12.0 Å². The lowest BCUT2D eigenvalue weighted by atomic mass is 9.85. The van der Waals surface area contributed by atoms with Crippen molar-refractivity contribution in [2.75, 3.05) is 20.2 Å². The average molecular weight is 260 g/mol. The fourth-order valence-electron chi connectivity index (χ4n) is 1.33. The molecule has 0 aliphatic rings. The first-order valence-corrected chi connectivity index (χ1v) is 5.90. The lowest BCUT2D eigenvalue weighted by Crippen LogP contribution is -2.50. The van der Waals surface area contributed by atoms with Crippen molar-refractivity contribution >= 4 is 29.1 Å². The third-order valence-electron chi connectivity index (χ3n) is 2.94. The van der Waals surface area contributed by atoms with Crippen molar-refractivity contribution in [2.24, 2.45) is 11.1 Å². The molecule has 17 heavy (non-hydrogen) atoms. The molecule has 0 radical (unpaired) electrons. The van der Waals surface area contributed by atoms with E-state index in [1.807, 2.05) is 6.92 Å². The molecule has 1 atom stereocenters. The predicted octanol–water partition coefficient (Wildman–Crippen LogP) is 0.710. The maximum absolute atomic E-state index is 12.3. The first-order chi connectivity index (χ1) is 7.83. The molecule has 0 saturated carbocycles. The van der Waals surface area contributed by atoms with Crippen LogP contribution in [-0.4, -0.2) is 42.0 Å². The van der Waals surface area contributed by atoms with Gasteiger partial charge in [0.1, 0.15) is 6.54 Å². The molecule has 1 amide bonds. The molecule has 1 unspecified atom stereocenters. The van der Waals surface area contributed by atoms with Crippen molar-refractivity contribution in [3.8, 4) is 0 Å². The Bertz CT molecular complexity index is 320. The molecule has 98 valence electrons. The number of nitrogens with two attached hydrogens (primary N) is 1. The van der Waals surface area contributed by atoms with Crippen LogP contribution < -0.4 is 5.73 Å². The summed E-state index contributed by atoms with van der Waals surface area (Å²) < 4.78 is 4.54. The van der Waals surface area contributed by atoms with Crippen LogP contribution in [0.3, 0.4) is 0 Å². The number of rotatable bonds is 6. The van der Waals surface area contributed by atoms with E-state index < -0.39 is 11.4 Å². The van der Waals surface area contributed by atoms with Gasteiger partial charge in [0.25, 0.3) is 0 Å². The molecule has 0 bridgehead atoms. The molecular weight excluding hydrogens is 240 g/mol. The van der Waals surface area contributed by atoms with Gasteiger partial charge in [-0.05, 0) is 20.3 Å². The summed E-state index contributed by atoms with van der Waals surface area (Å²) in [7, 11) is 1.28. The van der Waals surface area contributed by atoms with Gasteiger partial charge >= 0.3 is 5.97 Å². The Labute approximate surface area is 107 Å². The molecule has 0 aliphatic heterocycles. The molecule has 6 heteroatoms. The second-order valence-corrected chi connectivity index (χ2v) is 4.39. The van der Waals surface area contributed by atoms with Crippen LogP contribution in [0.1, 0.15) is 27.2 Å². The second kappa shape index (κ2) is 6.54. The number of methoxy groups -OCH3 is 1. The number of ether oxygens (including phenoxy) is 1. The quantitative estimate of drug-likeness (QED) is 0.562. The number of esters is 1. The molecule has 0 aliphatic carbocycles. The van der Waals surface area contributed by atoms with E-state index in [1.54, 1.807) is 13.8 Å². The number of hydrogen-bond acceptors (Lipinski definition) is 4. The van der Waals surface area contributed by atoms with E-state index in [9.17, 15) is 9.59 Å². The number of carbonyl (C=O) groups is 2. The van der Waals surface area contributed by atoms with E-state index in [0.717, 1.165) is 0 Å². The molecule has 0 rings (SSSR count). The van der Waals surface area contributed by atoms with Crippen molar-refractivity contribution < 1.29 is 14.3 Å². The van der Waals surface area contributed by atoms with Gasteiger partial charge in [0.15, 0.2) is 0 Å². The van der Waals surface area contributed by atoms with Crippen molar-refractivity contribution in [2.45, 2.75) is 27.2 Å². The number of nitrogens with zero attached hydrogens (tertiary/aromatic N) is 1. The SMILES string of the molecule is CCN(CC(=O)OC)C(=O)C(C)(CC)C(N)=S. The molecule has 0 aromatic heterocycles. The largest absolute Gasteiger partial charge is 0.468 e. The molecule has 0 saturated heterocycles. The zero-order valence-electron chi connectivity index (χ0n) is 10.8. The molecule has 5 nitrogen and oxygen atoms in total. The molecule has 2 N–H and O–H groups in total. The molecule has 0 aromatic rings. The van der Waals surface area contributed by atoms with Crippen LogP contribution in [0.15, 0.2) is 0 Å². The van der Waals surface area contributed by atoms with E-state index in [4.69, 9.17) is 18.0 Å². The first-order valence-electron chi connectivity index (χ1n) is 5.49. The van der Waals surface area contributed by atoms with Crippen molar-refractivity contribution in [3.63, 3.8) is 0 Å². The zero-order valence-corrected chi connectivity index (χ0v) is 11.6.